The summed E-state index contributed by atoms with van der Waals surface area (Å²) in [5, 5.41) is 41.8. The summed E-state index contributed by atoms with van der Waals surface area (Å²) in [6.45, 7) is 1.92. The van der Waals surface area contributed by atoms with Crippen LogP contribution in [-0.4, -0.2) is 57.0 Å². The Morgan fingerprint density at radius 3 is 2.55 bits per heavy atom. The van der Waals surface area contributed by atoms with E-state index in [9.17, 15) is 20.1 Å². The molecule has 0 aliphatic heterocycles. The lowest BCUT2D eigenvalue weighted by atomic mass is 9.98. The maximum absolute atomic E-state index is 12.4. The summed E-state index contributed by atoms with van der Waals surface area (Å²) >= 11 is 8.62. The van der Waals surface area contributed by atoms with E-state index in [0.717, 1.165) is 68.6 Å². The Morgan fingerprint density at radius 2 is 1.79 bits per heavy atom. The van der Waals surface area contributed by atoms with Gasteiger partial charge in [0, 0.05) is 73.0 Å². The monoisotopic (exact) mass is 672 g/mol. The Balaban J connectivity index is 1.23. The number of aromatic hydroxyl groups is 1. The molecular weight excluding hydrogens is 636 g/mol. The zero-order valence-electron chi connectivity index (χ0n) is 26.8. The first kappa shape index (κ1) is 32.6. The van der Waals surface area contributed by atoms with Crippen LogP contribution in [0, 0.1) is 6.92 Å². The number of carboxylic acids is 1. The van der Waals surface area contributed by atoms with Crippen LogP contribution in [0.2, 0.25) is 5.02 Å². The third-order valence-corrected chi connectivity index (χ3v) is 10.0. The number of pyridine rings is 1. The predicted octanol–water partition coefficient (Wildman–Crippen LogP) is 6.37. The van der Waals surface area contributed by atoms with E-state index in [1.165, 1.54) is 0 Å². The summed E-state index contributed by atoms with van der Waals surface area (Å²) in [6, 6.07) is 13.5. The third-order valence-electron chi connectivity index (χ3n) is 8.72. The van der Waals surface area contributed by atoms with Gasteiger partial charge in [0.1, 0.15) is 17.0 Å². The summed E-state index contributed by atoms with van der Waals surface area (Å²) in [4.78, 5) is 16.6. The number of halogens is 1. The van der Waals surface area contributed by atoms with Crippen LogP contribution < -0.4 is 0 Å². The molecule has 10 nitrogen and oxygen atoms in total. The first-order valence-corrected chi connectivity index (χ1v) is 16.9. The number of rotatable bonds is 12. The van der Waals surface area contributed by atoms with Crippen LogP contribution >= 0.6 is 23.4 Å². The van der Waals surface area contributed by atoms with Crippen molar-refractivity contribution in [3.8, 4) is 16.9 Å². The number of aliphatic hydroxyl groups is 1. The number of fused-ring (bicyclic) bond motifs is 2. The maximum atomic E-state index is 12.4. The minimum absolute atomic E-state index is 0.0241. The normalized spacial score (nSPS) is 11.7. The van der Waals surface area contributed by atoms with Crippen LogP contribution in [0.1, 0.15) is 50.8 Å². The second-order valence-corrected chi connectivity index (χ2v) is 13.2. The topological polar surface area (TPSA) is 131 Å². The Labute approximate surface area is 281 Å². The average Bonchev–Trinajstić information content (AvgIpc) is 3.64. The van der Waals surface area contributed by atoms with Crippen molar-refractivity contribution in [1.82, 2.24) is 29.1 Å². The lowest BCUT2D eigenvalue weighted by Gasteiger charge is -2.12. The quantitative estimate of drug-likeness (QED) is 0.137. The van der Waals surface area contributed by atoms with Gasteiger partial charge in [0.2, 0.25) is 0 Å². The zero-order valence-corrected chi connectivity index (χ0v) is 28.4. The molecule has 0 atom stereocenters. The van der Waals surface area contributed by atoms with Crippen LogP contribution in [0.5, 0.6) is 5.75 Å². The fraction of sp³-hybridized carbons (Fsp3) is 0.314. The highest BCUT2D eigenvalue weighted by molar-refractivity contribution is 7.97. The lowest BCUT2D eigenvalue weighted by Crippen LogP contribution is -2.08. The largest absolute Gasteiger partial charge is 0.506 e. The number of benzene rings is 2. The van der Waals surface area contributed by atoms with Crippen molar-refractivity contribution in [2.45, 2.75) is 44.1 Å². The van der Waals surface area contributed by atoms with Crippen molar-refractivity contribution in [3.63, 3.8) is 0 Å². The molecule has 0 radical (unpaired) electrons. The number of nitrogens with zero attached hydrogens (tertiary/aromatic N) is 6. The number of phenols is 1. The van der Waals surface area contributed by atoms with Crippen molar-refractivity contribution in [2.24, 2.45) is 21.1 Å². The molecule has 0 saturated heterocycles. The van der Waals surface area contributed by atoms with Gasteiger partial charge < -0.3 is 19.9 Å². The molecule has 0 fully saturated rings. The van der Waals surface area contributed by atoms with E-state index in [1.54, 1.807) is 35.6 Å². The minimum Gasteiger partial charge on any atom is -0.506 e. The minimum atomic E-state index is -1.01. The fourth-order valence-corrected chi connectivity index (χ4v) is 7.82. The van der Waals surface area contributed by atoms with Crippen LogP contribution in [0.3, 0.4) is 0 Å². The summed E-state index contributed by atoms with van der Waals surface area (Å²) in [7, 11) is 5.63. The van der Waals surface area contributed by atoms with Gasteiger partial charge in [-0.25, -0.2) is 4.79 Å². The first-order chi connectivity index (χ1) is 22.6. The summed E-state index contributed by atoms with van der Waals surface area (Å²) in [5.41, 5.74) is 8.84. The molecule has 47 heavy (non-hydrogen) atoms. The molecule has 4 aromatic heterocycles. The van der Waals surface area contributed by atoms with Crippen LogP contribution in [0.25, 0.3) is 32.9 Å². The second-order valence-electron chi connectivity index (χ2n) is 11.8. The Bertz CT molecular complexity index is 2130. The van der Waals surface area contributed by atoms with E-state index < -0.39 is 5.97 Å². The molecule has 0 aliphatic carbocycles. The molecular formula is C35H37ClN6O4S. The molecule has 6 rings (SSSR count). The van der Waals surface area contributed by atoms with Crippen LogP contribution in [0.15, 0.2) is 48.7 Å². The number of aromatic nitrogens is 6. The van der Waals surface area contributed by atoms with Gasteiger partial charge in [0.05, 0.1) is 27.6 Å². The first-order valence-electron chi connectivity index (χ1n) is 15.4. The molecule has 0 unspecified atom stereocenters. The van der Waals surface area contributed by atoms with Crippen LogP contribution in [-0.2, 0) is 51.9 Å². The average molecular weight is 673 g/mol. The predicted molar refractivity (Wildman–Crippen MR) is 186 cm³/mol. The number of aryl methyl sites for hydroxylation is 7. The molecule has 0 bridgehead atoms. The number of aromatic carboxylic acids is 1. The van der Waals surface area contributed by atoms with E-state index in [0.29, 0.717) is 40.5 Å². The number of hydrogen-bond donors (Lipinski definition) is 3. The SMILES string of the molecule is Cc1nn(C)c(CSCc2cc(CCc3cc(O)c4ncccc4c3)n(C)n2)c1-c1c(Cl)ccc2c(CCCO)c(C(=O)O)n(C)c12. The number of phenolic OH excluding ortho intramolecular Hbond substituents is 1. The zero-order chi connectivity index (χ0) is 33.4. The van der Waals surface area contributed by atoms with Gasteiger partial charge in [-0.05, 0) is 74.1 Å². The van der Waals surface area contributed by atoms with Gasteiger partial charge in [0.25, 0.3) is 0 Å². The number of carboxylic acid groups (broad SMARTS) is 1. The molecule has 4 heterocycles. The van der Waals surface area contributed by atoms with Gasteiger partial charge in [0.15, 0.2) is 0 Å². The van der Waals surface area contributed by atoms with Crippen LogP contribution in [0.4, 0.5) is 0 Å². The van der Waals surface area contributed by atoms with E-state index in [2.05, 4.69) is 17.1 Å². The Morgan fingerprint density at radius 1 is 0.979 bits per heavy atom. The standard InChI is InChI=1S/C35H37ClN6O4S/c1-20-30(31-27(36)12-11-26-25(8-6-14-43)34(35(45)46)40(2)33(26)31)28(42(4)38-20)19-47-18-23-17-24(41(3)39-23)10-9-21-15-22-7-5-13-37-32(22)29(44)16-21/h5,7,11-13,15-17,43-44H,6,8-10,14,18-19H2,1-4H3,(H,45,46). The number of aliphatic hydroxyl groups excluding tert-OH is 1. The number of hydrogen-bond acceptors (Lipinski definition) is 7. The number of thioether (sulfide) groups is 1. The van der Waals surface area contributed by atoms with Crippen molar-refractivity contribution in [2.75, 3.05) is 6.61 Å². The fourth-order valence-electron chi connectivity index (χ4n) is 6.59. The van der Waals surface area contributed by atoms with Crippen molar-refractivity contribution in [1.29, 1.82) is 0 Å². The highest BCUT2D eigenvalue weighted by Crippen LogP contribution is 2.42. The van der Waals surface area contributed by atoms with Gasteiger partial charge >= 0.3 is 5.97 Å². The van der Waals surface area contributed by atoms with E-state index in [1.807, 2.05) is 54.6 Å². The molecule has 0 amide bonds. The van der Waals surface area contributed by atoms with E-state index in [-0.39, 0.29) is 18.1 Å². The van der Waals surface area contributed by atoms with E-state index >= 15 is 0 Å². The van der Waals surface area contributed by atoms with Gasteiger partial charge in [-0.3, -0.25) is 14.3 Å². The maximum Gasteiger partial charge on any atom is 0.352 e. The summed E-state index contributed by atoms with van der Waals surface area (Å²) in [5.74, 6) is 0.513. The lowest BCUT2D eigenvalue weighted by molar-refractivity contribution is 0.0685. The Hall–Kier alpha value is -4.32. The molecule has 12 heteroatoms. The second kappa shape index (κ2) is 13.4. The van der Waals surface area contributed by atoms with E-state index in [4.69, 9.17) is 21.8 Å². The highest BCUT2D eigenvalue weighted by atomic mass is 35.5. The summed E-state index contributed by atoms with van der Waals surface area (Å²) < 4.78 is 5.50. The van der Waals surface area contributed by atoms with Gasteiger partial charge in [-0.2, -0.15) is 10.2 Å². The summed E-state index contributed by atoms with van der Waals surface area (Å²) in [6.07, 6.45) is 4.13. The van der Waals surface area contributed by atoms with Crippen molar-refractivity contribution < 1.29 is 20.1 Å². The molecule has 244 valence electrons. The molecule has 0 aliphatic rings. The van der Waals surface area contributed by atoms with Crippen molar-refractivity contribution >= 4 is 51.1 Å². The third kappa shape index (κ3) is 6.22. The molecule has 0 saturated carbocycles. The number of carbonyl (C=O) groups is 1. The molecule has 2 aromatic carbocycles. The smallest absolute Gasteiger partial charge is 0.352 e. The highest BCUT2D eigenvalue weighted by Gasteiger charge is 2.27. The van der Waals surface area contributed by atoms with Gasteiger partial charge in [-0.15, -0.1) is 11.8 Å². The Kier molecular flexibility index (Phi) is 9.32. The van der Waals surface area contributed by atoms with Crippen molar-refractivity contribution in [3.05, 3.63) is 93.3 Å². The molecule has 3 N–H and O–H groups in total. The van der Waals surface area contributed by atoms with Gasteiger partial charge in [-0.1, -0.05) is 23.7 Å². The molecule has 0 spiro atoms. The molecule has 6 aromatic rings.